The van der Waals surface area contributed by atoms with Gasteiger partial charge in [0.05, 0.1) is 22.8 Å². The molecule has 44 heavy (non-hydrogen) atoms. The Hall–Kier alpha value is -5.18. The van der Waals surface area contributed by atoms with Crippen molar-refractivity contribution in [3.63, 3.8) is 0 Å². The molecule has 5 aromatic carbocycles. The fourth-order valence-electron chi connectivity index (χ4n) is 5.55. The van der Waals surface area contributed by atoms with Gasteiger partial charge in [-0.25, -0.2) is 9.97 Å². The maximum Gasteiger partial charge on any atom is 0.116 e. The van der Waals surface area contributed by atoms with E-state index in [0.717, 1.165) is 72.4 Å². The Labute approximate surface area is 257 Å². The Kier molecular flexibility index (Phi) is 7.21. The molecule has 4 nitrogen and oxygen atoms in total. The topological polar surface area (TPSA) is 55.7 Å². The highest BCUT2D eigenvalue weighted by molar-refractivity contribution is 7.70. The molecule has 7 rings (SSSR count). The SMILES string of the molecule is CP(C)(=O)c1cccc(-c2ccc(-c3nc(-c4ccccc4)c(-c4ccccc4)nc3-c3nccc4ccccc34)cc2)c1. The molecule has 0 unspecified atom stereocenters. The van der Waals surface area contributed by atoms with Crippen LogP contribution in [0.5, 0.6) is 0 Å². The molecule has 0 saturated carbocycles. The monoisotopic (exact) mass is 587 g/mol. The van der Waals surface area contributed by atoms with Gasteiger partial charge in [-0.1, -0.05) is 127 Å². The first kappa shape index (κ1) is 27.6. The molecule has 7 aromatic rings. The van der Waals surface area contributed by atoms with Crippen LogP contribution in [-0.4, -0.2) is 28.3 Å². The third-order valence-electron chi connectivity index (χ3n) is 7.85. The van der Waals surface area contributed by atoms with Crippen molar-refractivity contribution in [1.29, 1.82) is 0 Å². The fraction of sp³-hybridized carbons (Fsp3) is 0.0513. The molecule has 0 saturated heterocycles. The van der Waals surface area contributed by atoms with Gasteiger partial charge >= 0.3 is 0 Å². The summed E-state index contributed by atoms with van der Waals surface area (Å²) in [7, 11) is -2.37. The smallest absolute Gasteiger partial charge is 0.116 e. The van der Waals surface area contributed by atoms with E-state index >= 15 is 0 Å². The summed E-state index contributed by atoms with van der Waals surface area (Å²) in [4.78, 5) is 15.6. The van der Waals surface area contributed by atoms with Crippen molar-refractivity contribution in [3.05, 3.63) is 146 Å². The maximum atomic E-state index is 12.8. The van der Waals surface area contributed by atoms with E-state index in [4.69, 9.17) is 15.0 Å². The molecule has 2 aromatic heterocycles. The fourth-order valence-corrected chi connectivity index (χ4v) is 6.44. The first-order chi connectivity index (χ1) is 21.5. The van der Waals surface area contributed by atoms with Crippen LogP contribution >= 0.6 is 7.14 Å². The zero-order valence-corrected chi connectivity index (χ0v) is 25.4. The van der Waals surface area contributed by atoms with E-state index in [2.05, 4.69) is 66.7 Å². The number of fused-ring (bicyclic) bond motifs is 1. The lowest BCUT2D eigenvalue weighted by atomic mass is 9.98. The molecule has 0 atom stereocenters. The van der Waals surface area contributed by atoms with E-state index in [1.54, 1.807) is 13.3 Å². The van der Waals surface area contributed by atoms with Gasteiger partial charge in [-0.05, 0) is 42.0 Å². The lowest BCUT2D eigenvalue weighted by Crippen LogP contribution is -2.03. The van der Waals surface area contributed by atoms with E-state index in [0.29, 0.717) is 0 Å². The standard InChI is InChI=1S/C39H30N3OP/c1-44(2,43)33-18-11-17-32(26-33)27-20-22-31(23-21-27)37-39(38-34-19-10-9-12-28(34)24-25-40-38)42-36(30-15-7-4-8-16-30)35(41-37)29-13-5-3-6-14-29/h3-26H,1-2H3. The molecule has 5 heteroatoms. The third-order valence-corrected chi connectivity index (χ3v) is 9.37. The van der Waals surface area contributed by atoms with Gasteiger partial charge in [0.25, 0.3) is 0 Å². The van der Waals surface area contributed by atoms with E-state index < -0.39 is 7.14 Å². The average Bonchev–Trinajstić information content (AvgIpc) is 3.08. The number of aromatic nitrogens is 3. The number of pyridine rings is 1. The van der Waals surface area contributed by atoms with Crippen molar-refractivity contribution in [3.8, 4) is 56.3 Å². The summed E-state index contributed by atoms with van der Waals surface area (Å²) in [6, 6.07) is 47.1. The summed E-state index contributed by atoms with van der Waals surface area (Å²) in [5, 5.41) is 2.99. The molecule has 0 N–H and O–H groups in total. The molecule has 0 amide bonds. The van der Waals surface area contributed by atoms with Crippen molar-refractivity contribution >= 4 is 23.2 Å². The average molecular weight is 588 g/mol. The number of rotatable bonds is 6. The van der Waals surface area contributed by atoms with Crippen molar-refractivity contribution < 1.29 is 4.57 Å². The Bertz CT molecular complexity index is 2150. The van der Waals surface area contributed by atoms with E-state index in [-0.39, 0.29) is 0 Å². The van der Waals surface area contributed by atoms with Gasteiger partial charge in [-0.15, -0.1) is 0 Å². The van der Waals surface area contributed by atoms with Crippen LogP contribution in [0.1, 0.15) is 0 Å². The summed E-state index contributed by atoms with van der Waals surface area (Å²) in [5.41, 5.74) is 8.91. The number of nitrogens with zero attached hydrogens (tertiary/aromatic N) is 3. The first-order valence-corrected chi connectivity index (χ1v) is 17.2. The van der Waals surface area contributed by atoms with Crippen molar-refractivity contribution in [1.82, 2.24) is 15.0 Å². The number of hydrogen-bond acceptors (Lipinski definition) is 4. The van der Waals surface area contributed by atoms with Crippen molar-refractivity contribution in [2.45, 2.75) is 0 Å². The van der Waals surface area contributed by atoms with Gasteiger partial charge in [0.15, 0.2) is 0 Å². The molecule has 0 aliphatic heterocycles. The Morgan fingerprint density at radius 1 is 0.455 bits per heavy atom. The molecule has 0 radical (unpaired) electrons. The lowest BCUT2D eigenvalue weighted by molar-refractivity contribution is 0.588. The number of hydrogen-bond donors (Lipinski definition) is 0. The number of benzene rings is 5. The van der Waals surface area contributed by atoms with Crippen LogP contribution in [0.2, 0.25) is 0 Å². The first-order valence-electron chi connectivity index (χ1n) is 14.6. The summed E-state index contributed by atoms with van der Waals surface area (Å²) < 4.78 is 12.8. The molecule has 0 fully saturated rings. The summed E-state index contributed by atoms with van der Waals surface area (Å²) in [5.74, 6) is 0. The second-order valence-electron chi connectivity index (χ2n) is 11.2. The Balaban J connectivity index is 1.47. The summed E-state index contributed by atoms with van der Waals surface area (Å²) >= 11 is 0. The minimum Gasteiger partial charge on any atom is -0.319 e. The minimum absolute atomic E-state index is 0.730. The van der Waals surface area contributed by atoms with Gasteiger partial charge in [-0.2, -0.15) is 0 Å². The van der Waals surface area contributed by atoms with Crippen LogP contribution in [0, 0.1) is 0 Å². The second-order valence-corrected chi connectivity index (χ2v) is 14.4. The minimum atomic E-state index is -2.37. The van der Waals surface area contributed by atoms with Gasteiger partial charge < -0.3 is 4.57 Å². The van der Waals surface area contributed by atoms with Gasteiger partial charge in [0.1, 0.15) is 12.8 Å². The summed E-state index contributed by atoms with van der Waals surface area (Å²) in [6.45, 7) is 3.61. The highest BCUT2D eigenvalue weighted by Crippen LogP contribution is 2.39. The van der Waals surface area contributed by atoms with Crippen LogP contribution in [0.3, 0.4) is 0 Å². The largest absolute Gasteiger partial charge is 0.319 e. The molecular weight excluding hydrogens is 557 g/mol. The van der Waals surface area contributed by atoms with E-state index in [1.165, 1.54) is 0 Å². The van der Waals surface area contributed by atoms with Crippen LogP contribution < -0.4 is 5.30 Å². The lowest BCUT2D eigenvalue weighted by Gasteiger charge is -2.17. The molecular formula is C39H30N3OP. The molecule has 0 spiro atoms. The summed E-state index contributed by atoms with van der Waals surface area (Å²) in [6.07, 6.45) is 1.84. The van der Waals surface area contributed by atoms with Crippen molar-refractivity contribution in [2.24, 2.45) is 0 Å². The van der Waals surface area contributed by atoms with Gasteiger partial charge in [-0.3, -0.25) is 4.98 Å². The Morgan fingerprint density at radius 2 is 0.977 bits per heavy atom. The molecule has 0 bridgehead atoms. The molecule has 0 aliphatic carbocycles. The molecule has 2 heterocycles. The zero-order valence-electron chi connectivity index (χ0n) is 24.6. The highest BCUT2D eigenvalue weighted by atomic mass is 31.2. The predicted molar refractivity (Wildman–Crippen MR) is 184 cm³/mol. The molecule has 212 valence electrons. The Morgan fingerprint density at radius 3 is 1.64 bits per heavy atom. The molecule has 0 aliphatic rings. The second kappa shape index (κ2) is 11.5. The van der Waals surface area contributed by atoms with Crippen LogP contribution in [-0.2, 0) is 4.57 Å². The third kappa shape index (κ3) is 5.37. The highest BCUT2D eigenvalue weighted by Gasteiger charge is 2.21. The van der Waals surface area contributed by atoms with Crippen LogP contribution in [0.25, 0.3) is 67.1 Å². The van der Waals surface area contributed by atoms with Crippen LogP contribution in [0.4, 0.5) is 0 Å². The predicted octanol–water partition coefficient (Wildman–Crippen LogP) is 9.61. The van der Waals surface area contributed by atoms with Gasteiger partial charge in [0, 0.05) is 33.6 Å². The normalized spacial score (nSPS) is 11.5. The van der Waals surface area contributed by atoms with Crippen LogP contribution in [0.15, 0.2) is 146 Å². The van der Waals surface area contributed by atoms with E-state index in [1.807, 2.05) is 79.0 Å². The zero-order chi connectivity index (χ0) is 30.1. The van der Waals surface area contributed by atoms with Gasteiger partial charge in [0.2, 0.25) is 0 Å². The maximum absolute atomic E-state index is 12.8. The quantitative estimate of drug-likeness (QED) is 0.182. The van der Waals surface area contributed by atoms with Crippen molar-refractivity contribution in [2.75, 3.05) is 13.3 Å². The van der Waals surface area contributed by atoms with E-state index in [9.17, 15) is 4.57 Å².